The maximum Gasteiger partial charge on any atom is 0.0543 e. The molecule has 12 rings (SSSR count). The van der Waals surface area contributed by atoms with Crippen LogP contribution in [-0.4, -0.2) is 0 Å². The van der Waals surface area contributed by atoms with E-state index in [9.17, 15) is 0 Å². The number of hydrogen-bond donors (Lipinski definition) is 0. The van der Waals surface area contributed by atoms with E-state index in [4.69, 9.17) is 0 Å². The smallest absolute Gasteiger partial charge is 0.0543 e. The molecule has 0 N–H and O–H groups in total. The predicted octanol–water partition coefficient (Wildman–Crippen LogP) is 18.3. The molecule has 0 saturated heterocycles. The molecule has 0 saturated carbocycles. The standard InChI is InChI=1S/C68H59N/c1-44-23-27-47(28-24-44)41-50(59-42-62-65(55-17-9-7-15-53(55)59)57-19-11-13-21-60(57)67(62,3)4)34-31-46-29-32-48(33-30-46)49-35-39-52(40-36-49)69(51-37-25-45(2)26-38-51)64-43-63-66(56-18-10-8-16-54(56)64)58-20-12-14-22-61(58)68(63,5)6/h7-30,32-33,35-40,42-43,50H,31,34,41H2,1-6H3. The first kappa shape index (κ1) is 42.8. The van der Waals surface area contributed by atoms with Crippen molar-refractivity contribution in [2.45, 2.75) is 77.6 Å². The van der Waals surface area contributed by atoms with Crippen molar-refractivity contribution in [1.82, 2.24) is 0 Å². The molecule has 2 aliphatic rings. The van der Waals surface area contributed by atoms with E-state index < -0.39 is 0 Å². The summed E-state index contributed by atoms with van der Waals surface area (Å²) in [5.41, 5.74) is 23.8. The van der Waals surface area contributed by atoms with Gasteiger partial charge in [0.1, 0.15) is 0 Å². The zero-order valence-electron chi connectivity index (χ0n) is 40.8. The number of hydrogen-bond acceptors (Lipinski definition) is 1. The van der Waals surface area contributed by atoms with E-state index in [1.54, 1.807) is 0 Å². The third-order valence-electron chi connectivity index (χ3n) is 16.0. The van der Waals surface area contributed by atoms with Crippen LogP contribution in [0.1, 0.15) is 90.1 Å². The second-order valence-corrected chi connectivity index (χ2v) is 21.0. The Morgan fingerprint density at radius 1 is 0.406 bits per heavy atom. The fraction of sp³-hybridized carbons (Fsp3) is 0.176. The van der Waals surface area contributed by atoms with Crippen molar-refractivity contribution in [2.75, 3.05) is 4.90 Å². The number of nitrogens with zero attached hydrogens (tertiary/aromatic N) is 1. The van der Waals surface area contributed by atoms with E-state index in [0.717, 1.165) is 30.6 Å². The maximum absolute atomic E-state index is 2.59. The van der Waals surface area contributed by atoms with E-state index in [0.29, 0.717) is 5.92 Å². The molecule has 1 unspecified atom stereocenters. The van der Waals surface area contributed by atoms with Gasteiger partial charge < -0.3 is 4.90 Å². The Bertz CT molecular complexity index is 3570. The van der Waals surface area contributed by atoms with Gasteiger partial charge in [-0.3, -0.25) is 0 Å². The summed E-state index contributed by atoms with van der Waals surface area (Å²) in [5.74, 6) is 0.357. The zero-order chi connectivity index (χ0) is 47.0. The second kappa shape index (κ2) is 16.6. The SMILES string of the molecule is Cc1ccc(CC(CCc2ccc(-c3ccc(N(c4ccc(C)cc4)c4cc5c(c6ccccc46)-c4ccccc4C5(C)C)cc3)cc2)c2cc3c(c4ccccc24)-c2ccccc2C3(C)C)cc1. The van der Waals surface area contributed by atoms with E-state index in [-0.39, 0.29) is 10.8 Å². The molecule has 0 aliphatic heterocycles. The number of fused-ring (bicyclic) bond motifs is 10. The first-order chi connectivity index (χ1) is 33.5. The fourth-order valence-electron chi connectivity index (χ4n) is 12.1. The van der Waals surface area contributed by atoms with Crippen molar-refractivity contribution >= 4 is 38.6 Å². The molecule has 0 aromatic heterocycles. The Morgan fingerprint density at radius 3 is 1.42 bits per heavy atom. The highest BCUT2D eigenvalue weighted by molar-refractivity contribution is 6.10. The molecule has 10 aromatic rings. The number of aryl methyl sites for hydroxylation is 3. The summed E-state index contributed by atoms with van der Waals surface area (Å²) in [7, 11) is 0. The largest absolute Gasteiger partial charge is 0.310 e. The van der Waals surface area contributed by atoms with Crippen LogP contribution in [0.5, 0.6) is 0 Å². The van der Waals surface area contributed by atoms with Crippen LogP contribution >= 0.6 is 0 Å². The zero-order valence-corrected chi connectivity index (χ0v) is 40.8. The highest BCUT2D eigenvalue weighted by Crippen LogP contribution is 2.55. The molecular weight excluding hydrogens is 831 g/mol. The van der Waals surface area contributed by atoms with Crippen molar-refractivity contribution < 1.29 is 0 Å². The molecule has 2 aliphatic carbocycles. The lowest BCUT2D eigenvalue weighted by Crippen LogP contribution is -2.17. The molecule has 0 heterocycles. The predicted molar refractivity (Wildman–Crippen MR) is 294 cm³/mol. The van der Waals surface area contributed by atoms with Crippen molar-refractivity contribution in [3.63, 3.8) is 0 Å². The van der Waals surface area contributed by atoms with Crippen LogP contribution in [0.2, 0.25) is 0 Å². The molecule has 1 atom stereocenters. The first-order valence-electron chi connectivity index (χ1n) is 25.0. The Morgan fingerprint density at radius 2 is 0.841 bits per heavy atom. The minimum absolute atomic E-state index is 0.0630. The van der Waals surface area contributed by atoms with Gasteiger partial charge in [-0.05, 0) is 158 Å². The van der Waals surface area contributed by atoms with Gasteiger partial charge in [0, 0.05) is 27.6 Å². The van der Waals surface area contributed by atoms with Crippen LogP contribution in [0.25, 0.3) is 54.9 Å². The van der Waals surface area contributed by atoms with Gasteiger partial charge in [0.25, 0.3) is 0 Å². The number of benzene rings is 10. The molecule has 69 heavy (non-hydrogen) atoms. The van der Waals surface area contributed by atoms with Crippen LogP contribution in [-0.2, 0) is 23.7 Å². The van der Waals surface area contributed by atoms with E-state index in [1.165, 1.54) is 111 Å². The molecule has 336 valence electrons. The molecule has 0 fully saturated rings. The Hall–Kier alpha value is -7.48. The second-order valence-electron chi connectivity index (χ2n) is 21.0. The summed E-state index contributed by atoms with van der Waals surface area (Å²) in [5, 5.41) is 5.32. The summed E-state index contributed by atoms with van der Waals surface area (Å²) < 4.78 is 0. The van der Waals surface area contributed by atoms with Gasteiger partial charge in [0.05, 0.1) is 5.69 Å². The third-order valence-corrected chi connectivity index (χ3v) is 16.0. The molecular formula is C68H59N. The lowest BCUT2D eigenvalue weighted by Gasteiger charge is -2.30. The van der Waals surface area contributed by atoms with Crippen LogP contribution < -0.4 is 4.90 Å². The molecule has 0 spiro atoms. The molecule has 10 aromatic carbocycles. The average molecular weight is 890 g/mol. The summed E-state index contributed by atoms with van der Waals surface area (Å²) in [6.07, 6.45) is 3.08. The van der Waals surface area contributed by atoms with Crippen LogP contribution in [0.4, 0.5) is 17.1 Å². The minimum Gasteiger partial charge on any atom is -0.310 e. The Kier molecular flexibility index (Phi) is 10.3. The van der Waals surface area contributed by atoms with E-state index in [1.807, 2.05) is 0 Å². The van der Waals surface area contributed by atoms with Crippen molar-refractivity contribution in [1.29, 1.82) is 0 Å². The molecule has 1 heteroatoms. The fourth-order valence-corrected chi connectivity index (χ4v) is 12.1. The summed E-state index contributed by atoms with van der Waals surface area (Å²) >= 11 is 0. The maximum atomic E-state index is 2.59. The van der Waals surface area contributed by atoms with Crippen LogP contribution in [0.3, 0.4) is 0 Å². The van der Waals surface area contributed by atoms with E-state index >= 15 is 0 Å². The number of anilines is 3. The van der Waals surface area contributed by atoms with Gasteiger partial charge in [-0.2, -0.15) is 0 Å². The van der Waals surface area contributed by atoms with Crippen LogP contribution in [0.15, 0.2) is 206 Å². The Balaban J connectivity index is 0.864. The summed E-state index contributed by atoms with van der Waals surface area (Å²) in [4.78, 5) is 2.46. The van der Waals surface area contributed by atoms with Crippen molar-refractivity contribution in [3.8, 4) is 33.4 Å². The van der Waals surface area contributed by atoms with Gasteiger partial charge in [-0.25, -0.2) is 0 Å². The summed E-state index contributed by atoms with van der Waals surface area (Å²) in [6.45, 7) is 13.9. The van der Waals surface area contributed by atoms with Gasteiger partial charge in [0.15, 0.2) is 0 Å². The lowest BCUT2D eigenvalue weighted by molar-refractivity contribution is 0.618. The monoisotopic (exact) mass is 889 g/mol. The van der Waals surface area contributed by atoms with Gasteiger partial charge >= 0.3 is 0 Å². The average Bonchev–Trinajstić information content (AvgIpc) is 3.76. The Labute approximate surface area is 408 Å². The normalized spacial score (nSPS) is 14.3. The molecule has 1 nitrogen and oxygen atoms in total. The topological polar surface area (TPSA) is 3.24 Å². The lowest BCUT2D eigenvalue weighted by atomic mass is 9.78. The highest BCUT2D eigenvalue weighted by Gasteiger charge is 2.39. The number of rotatable bonds is 10. The molecule has 0 bridgehead atoms. The molecule has 0 amide bonds. The van der Waals surface area contributed by atoms with Crippen molar-refractivity contribution in [3.05, 3.63) is 256 Å². The minimum atomic E-state index is -0.123. The highest BCUT2D eigenvalue weighted by atomic mass is 15.1. The van der Waals surface area contributed by atoms with E-state index in [2.05, 4.69) is 253 Å². The van der Waals surface area contributed by atoms with Crippen molar-refractivity contribution in [2.24, 2.45) is 0 Å². The third kappa shape index (κ3) is 7.21. The quantitative estimate of drug-likeness (QED) is 0.132. The summed E-state index contributed by atoms with van der Waals surface area (Å²) in [6, 6.07) is 78.1. The van der Waals surface area contributed by atoms with Crippen LogP contribution in [0, 0.1) is 13.8 Å². The molecule has 0 radical (unpaired) electrons. The van der Waals surface area contributed by atoms with Gasteiger partial charge in [-0.15, -0.1) is 0 Å². The first-order valence-corrected chi connectivity index (χ1v) is 25.0. The van der Waals surface area contributed by atoms with Gasteiger partial charge in [-0.1, -0.05) is 215 Å². The van der Waals surface area contributed by atoms with Gasteiger partial charge in [0.2, 0.25) is 0 Å².